The summed E-state index contributed by atoms with van der Waals surface area (Å²) in [6.07, 6.45) is 2.98. The molecule has 114 valence electrons. The summed E-state index contributed by atoms with van der Waals surface area (Å²) < 4.78 is 27.1. The van der Waals surface area contributed by atoms with E-state index in [1.165, 1.54) is 6.07 Å². The lowest BCUT2D eigenvalue weighted by Gasteiger charge is -2.29. The maximum absolute atomic E-state index is 13.7. The number of piperidine rings is 1. The van der Waals surface area contributed by atoms with Crippen molar-refractivity contribution in [3.05, 3.63) is 29.3 Å². The average molecular weight is 294 g/mol. The van der Waals surface area contributed by atoms with Crippen molar-refractivity contribution < 1.29 is 13.6 Å². The van der Waals surface area contributed by atoms with Crippen molar-refractivity contribution in [1.29, 1.82) is 0 Å². The van der Waals surface area contributed by atoms with E-state index in [9.17, 15) is 13.6 Å². The Hall–Kier alpha value is -1.49. The molecular formula is C16H20F2N2O. The van der Waals surface area contributed by atoms with Crippen molar-refractivity contribution in [2.75, 3.05) is 31.6 Å². The van der Waals surface area contributed by atoms with Crippen LogP contribution in [0.5, 0.6) is 0 Å². The fourth-order valence-electron chi connectivity index (χ4n) is 3.30. The predicted molar refractivity (Wildman–Crippen MR) is 77.3 cm³/mol. The van der Waals surface area contributed by atoms with Crippen LogP contribution in [0.3, 0.4) is 0 Å². The minimum atomic E-state index is -0.620. The highest BCUT2D eigenvalue weighted by Crippen LogP contribution is 2.32. The fraction of sp³-hybridized carbons (Fsp3) is 0.562. The van der Waals surface area contributed by atoms with E-state index in [2.05, 4.69) is 11.9 Å². The second-order valence-electron chi connectivity index (χ2n) is 6.13. The minimum absolute atomic E-state index is 0.00620. The highest BCUT2D eigenvalue weighted by atomic mass is 19.1. The van der Waals surface area contributed by atoms with Crippen LogP contribution in [0.1, 0.15) is 24.8 Å². The SMILES string of the molecule is CN1CCC(CC(=O)N2CCc3c(F)cc(F)cc32)CC1. The number of likely N-dealkylation sites (tertiary alicyclic amines) is 1. The predicted octanol–water partition coefficient (Wildman–Crippen LogP) is 2.59. The summed E-state index contributed by atoms with van der Waals surface area (Å²) in [6.45, 7) is 2.48. The molecule has 0 unspecified atom stereocenters. The van der Waals surface area contributed by atoms with Gasteiger partial charge in [0.15, 0.2) is 0 Å². The zero-order chi connectivity index (χ0) is 15.0. The van der Waals surface area contributed by atoms with E-state index in [1.807, 2.05) is 0 Å². The molecular weight excluding hydrogens is 274 g/mol. The van der Waals surface area contributed by atoms with Crippen molar-refractivity contribution in [3.8, 4) is 0 Å². The topological polar surface area (TPSA) is 23.6 Å². The van der Waals surface area contributed by atoms with E-state index < -0.39 is 11.6 Å². The smallest absolute Gasteiger partial charge is 0.227 e. The molecule has 3 nitrogen and oxygen atoms in total. The number of benzene rings is 1. The first kappa shape index (κ1) is 14.4. The van der Waals surface area contributed by atoms with Crippen LogP contribution in [-0.4, -0.2) is 37.5 Å². The van der Waals surface area contributed by atoms with Gasteiger partial charge in [-0.25, -0.2) is 8.78 Å². The number of hydrogen-bond donors (Lipinski definition) is 0. The molecule has 0 saturated carbocycles. The van der Waals surface area contributed by atoms with E-state index in [-0.39, 0.29) is 5.91 Å². The van der Waals surface area contributed by atoms with Crippen LogP contribution >= 0.6 is 0 Å². The molecule has 1 aromatic rings. The Morgan fingerprint density at radius 1 is 1.24 bits per heavy atom. The highest BCUT2D eigenvalue weighted by Gasteiger charge is 2.30. The molecule has 0 spiro atoms. The highest BCUT2D eigenvalue weighted by molar-refractivity contribution is 5.95. The molecule has 0 bridgehead atoms. The monoisotopic (exact) mass is 294 g/mol. The number of carbonyl (C=O) groups excluding carboxylic acids is 1. The first-order valence-corrected chi connectivity index (χ1v) is 7.51. The molecule has 2 aliphatic rings. The van der Waals surface area contributed by atoms with Crippen molar-refractivity contribution in [2.45, 2.75) is 25.7 Å². The molecule has 1 amide bonds. The Morgan fingerprint density at radius 2 is 1.95 bits per heavy atom. The molecule has 1 fully saturated rings. The van der Waals surface area contributed by atoms with Crippen LogP contribution in [0, 0.1) is 17.6 Å². The van der Waals surface area contributed by atoms with Gasteiger partial charge in [0.2, 0.25) is 5.91 Å². The third-order valence-corrected chi connectivity index (χ3v) is 4.62. The van der Waals surface area contributed by atoms with Crippen LogP contribution in [0.15, 0.2) is 12.1 Å². The Balaban J connectivity index is 1.70. The Labute approximate surface area is 123 Å². The summed E-state index contributed by atoms with van der Waals surface area (Å²) >= 11 is 0. The van der Waals surface area contributed by atoms with Crippen molar-refractivity contribution >= 4 is 11.6 Å². The standard InChI is InChI=1S/C16H20F2N2O/c1-19-5-2-11(3-6-19)8-16(21)20-7-4-13-14(18)9-12(17)10-15(13)20/h9-11H,2-8H2,1H3. The fourth-order valence-corrected chi connectivity index (χ4v) is 3.30. The minimum Gasteiger partial charge on any atom is -0.312 e. The molecule has 2 aliphatic heterocycles. The van der Waals surface area contributed by atoms with Gasteiger partial charge >= 0.3 is 0 Å². The summed E-state index contributed by atoms with van der Waals surface area (Å²) in [6, 6.07) is 2.17. The Morgan fingerprint density at radius 3 is 2.67 bits per heavy atom. The lowest BCUT2D eigenvalue weighted by atomic mass is 9.93. The summed E-state index contributed by atoms with van der Waals surface area (Å²) in [5, 5.41) is 0. The van der Waals surface area contributed by atoms with Gasteiger partial charge in [0.1, 0.15) is 11.6 Å². The van der Waals surface area contributed by atoms with E-state index in [4.69, 9.17) is 0 Å². The summed E-state index contributed by atoms with van der Waals surface area (Å²) in [5.41, 5.74) is 0.888. The second kappa shape index (κ2) is 5.72. The Bertz CT molecular complexity index is 553. The lowest BCUT2D eigenvalue weighted by Crippen LogP contribution is -2.35. The number of carbonyl (C=O) groups is 1. The maximum Gasteiger partial charge on any atom is 0.227 e. The van der Waals surface area contributed by atoms with Gasteiger partial charge in [-0.2, -0.15) is 0 Å². The zero-order valence-corrected chi connectivity index (χ0v) is 12.2. The van der Waals surface area contributed by atoms with Crippen molar-refractivity contribution in [1.82, 2.24) is 4.90 Å². The lowest BCUT2D eigenvalue weighted by molar-refractivity contribution is -0.119. The van der Waals surface area contributed by atoms with Crippen LogP contribution in [0.2, 0.25) is 0 Å². The van der Waals surface area contributed by atoms with Gasteiger partial charge in [0.05, 0.1) is 5.69 Å². The van der Waals surface area contributed by atoms with Gasteiger partial charge in [0.25, 0.3) is 0 Å². The first-order chi connectivity index (χ1) is 10.0. The molecule has 5 heteroatoms. The van der Waals surface area contributed by atoms with Crippen molar-refractivity contribution in [3.63, 3.8) is 0 Å². The van der Waals surface area contributed by atoms with E-state index in [0.717, 1.165) is 32.0 Å². The summed E-state index contributed by atoms with van der Waals surface area (Å²) in [7, 11) is 2.08. The average Bonchev–Trinajstić information content (AvgIpc) is 2.85. The van der Waals surface area contributed by atoms with Crippen LogP contribution in [0.25, 0.3) is 0 Å². The molecule has 0 N–H and O–H groups in total. The van der Waals surface area contributed by atoms with Gasteiger partial charge in [-0.05, 0) is 51.4 Å². The molecule has 2 heterocycles. The van der Waals surface area contributed by atoms with E-state index in [1.54, 1.807) is 4.90 Å². The quantitative estimate of drug-likeness (QED) is 0.837. The molecule has 0 aromatic heterocycles. The van der Waals surface area contributed by atoms with E-state index in [0.29, 0.717) is 36.6 Å². The number of halogens is 2. The number of anilines is 1. The molecule has 0 atom stereocenters. The van der Waals surface area contributed by atoms with Gasteiger partial charge in [-0.3, -0.25) is 4.79 Å². The zero-order valence-electron chi connectivity index (χ0n) is 12.2. The maximum atomic E-state index is 13.7. The summed E-state index contributed by atoms with van der Waals surface area (Å²) in [4.78, 5) is 16.3. The number of amides is 1. The van der Waals surface area contributed by atoms with E-state index >= 15 is 0 Å². The van der Waals surface area contributed by atoms with Gasteiger partial charge in [-0.1, -0.05) is 0 Å². The summed E-state index contributed by atoms with van der Waals surface area (Å²) in [5.74, 6) is -0.783. The first-order valence-electron chi connectivity index (χ1n) is 7.51. The third kappa shape index (κ3) is 2.93. The molecule has 1 saturated heterocycles. The number of rotatable bonds is 2. The van der Waals surface area contributed by atoms with Gasteiger partial charge < -0.3 is 9.80 Å². The largest absolute Gasteiger partial charge is 0.312 e. The van der Waals surface area contributed by atoms with Gasteiger partial charge in [-0.15, -0.1) is 0 Å². The second-order valence-corrected chi connectivity index (χ2v) is 6.13. The molecule has 21 heavy (non-hydrogen) atoms. The Kier molecular flexibility index (Phi) is 3.93. The molecule has 0 aliphatic carbocycles. The third-order valence-electron chi connectivity index (χ3n) is 4.62. The van der Waals surface area contributed by atoms with Gasteiger partial charge in [0, 0.05) is 24.6 Å². The molecule has 0 radical (unpaired) electrons. The number of nitrogens with zero attached hydrogens (tertiary/aromatic N) is 2. The normalized spacial score (nSPS) is 19.9. The number of hydrogen-bond acceptors (Lipinski definition) is 2. The van der Waals surface area contributed by atoms with Crippen LogP contribution in [-0.2, 0) is 11.2 Å². The molecule has 1 aromatic carbocycles. The van der Waals surface area contributed by atoms with Crippen LogP contribution < -0.4 is 4.90 Å². The molecule has 3 rings (SSSR count). The van der Waals surface area contributed by atoms with Crippen LogP contribution in [0.4, 0.5) is 14.5 Å². The van der Waals surface area contributed by atoms with Crippen molar-refractivity contribution in [2.24, 2.45) is 5.92 Å². The number of fused-ring (bicyclic) bond motifs is 1.